The summed E-state index contributed by atoms with van der Waals surface area (Å²) in [6.07, 6.45) is 3.96. The van der Waals surface area contributed by atoms with Gasteiger partial charge in [0.25, 0.3) is 0 Å². The molecule has 2 rings (SSSR count). The summed E-state index contributed by atoms with van der Waals surface area (Å²) >= 11 is 7.16. The summed E-state index contributed by atoms with van der Waals surface area (Å²) in [6.45, 7) is 2.25. The van der Waals surface area contributed by atoms with E-state index in [1.54, 1.807) is 0 Å². The summed E-state index contributed by atoms with van der Waals surface area (Å²) in [5.41, 5.74) is 1.19. The van der Waals surface area contributed by atoms with Crippen LogP contribution in [0.3, 0.4) is 0 Å². The lowest BCUT2D eigenvalue weighted by Crippen LogP contribution is -2.21. The van der Waals surface area contributed by atoms with Crippen LogP contribution in [-0.4, -0.2) is 6.04 Å². The zero-order chi connectivity index (χ0) is 10.8. The van der Waals surface area contributed by atoms with Crippen LogP contribution >= 0.6 is 31.9 Å². The highest BCUT2D eigenvalue weighted by atomic mass is 79.9. The molecule has 82 valence electrons. The van der Waals surface area contributed by atoms with Crippen molar-refractivity contribution in [1.82, 2.24) is 0 Å². The summed E-state index contributed by atoms with van der Waals surface area (Å²) in [6, 6.07) is 6.82. The van der Waals surface area contributed by atoms with Gasteiger partial charge >= 0.3 is 0 Å². The molecule has 0 saturated heterocycles. The molecule has 0 amide bonds. The summed E-state index contributed by atoms with van der Waals surface area (Å²) in [5.74, 6) is 0.883. The van der Waals surface area contributed by atoms with Crippen molar-refractivity contribution in [3.8, 4) is 0 Å². The van der Waals surface area contributed by atoms with Gasteiger partial charge in [0.05, 0.1) is 5.69 Å². The number of nitrogens with one attached hydrogen (secondary N) is 1. The average molecular weight is 333 g/mol. The Morgan fingerprint density at radius 2 is 1.93 bits per heavy atom. The lowest BCUT2D eigenvalue weighted by Gasteiger charge is -2.19. The highest BCUT2D eigenvalue weighted by Crippen LogP contribution is 2.38. The third-order valence-electron chi connectivity index (χ3n) is 2.92. The van der Waals surface area contributed by atoms with Gasteiger partial charge in [-0.2, -0.15) is 0 Å². The van der Waals surface area contributed by atoms with E-state index in [1.165, 1.54) is 24.9 Å². The molecule has 1 fully saturated rings. The van der Waals surface area contributed by atoms with Gasteiger partial charge in [0, 0.05) is 15.0 Å². The van der Waals surface area contributed by atoms with Gasteiger partial charge in [-0.3, -0.25) is 0 Å². The lowest BCUT2D eigenvalue weighted by atomic mass is 10.1. The fraction of sp³-hybridized carbons (Fsp3) is 0.500. The van der Waals surface area contributed by atoms with Crippen molar-refractivity contribution in [1.29, 1.82) is 0 Å². The van der Waals surface area contributed by atoms with Gasteiger partial charge < -0.3 is 5.32 Å². The minimum atomic E-state index is 0.625. The van der Waals surface area contributed by atoms with Crippen LogP contribution in [0, 0.1) is 5.92 Å². The molecule has 0 aliphatic heterocycles. The van der Waals surface area contributed by atoms with E-state index in [0.717, 1.165) is 14.9 Å². The Morgan fingerprint density at radius 3 is 2.40 bits per heavy atom. The molecule has 1 saturated carbocycles. The molecule has 0 aromatic heterocycles. The maximum Gasteiger partial charge on any atom is 0.0631 e. The van der Waals surface area contributed by atoms with Crippen LogP contribution < -0.4 is 5.32 Å². The van der Waals surface area contributed by atoms with Crippen molar-refractivity contribution in [2.75, 3.05) is 5.32 Å². The first-order valence-corrected chi connectivity index (χ1v) is 7.01. The van der Waals surface area contributed by atoms with Gasteiger partial charge in [-0.15, -0.1) is 0 Å². The first-order chi connectivity index (χ1) is 7.22. The number of para-hydroxylation sites is 1. The largest absolute Gasteiger partial charge is 0.380 e. The molecular weight excluding hydrogens is 318 g/mol. The topological polar surface area (TPSA) is 12.0 Å². The summed E-state index contributed by atoms with van der Waals surface area (Å²) in [7, 11) is 0. The van der Waals surface area contributed by atoms with Gasteiger partial charge in [-0.25, -0.2) is 0 Å². The van der Waals surface area contributed by atoms with Gasteiger partial charge in [0.2, 0.25) is 0 Å². The highest BCUT2D eigenvalue weighted by Gasteiger charge is 2.30. The number of halogens is 2. The van der Waals surface area contributed by atoms with Crippen LogP contribution in [-0.2, 0) is 0 Å². The molecule has 1 N–H and O–H groups in total. The van der Waals surface area contributed by atoms with Gasteiger partial charge in [-0.1, -0.05) is 13.0 Å². The van der Waals surface area contributed by atoms with E-state index in [1.807, 2.05) is 6.07 Å². The molecule has 1 aromatic carbocycles. The van der Waals surface area contributed by atoms with E-state index < -0.39 is 0 Å². The normalized spacial score (nSPS) is 17.5. The van der Waals surface area contributed by atoms with Gasteiger partial charge in [0.15, 0.2) is 0 Å². The van der Waals surface area contributed by atoms with Crippen molar-refractivity contribution in [2.45, 2.75) is 32.2 Å². The molecular formula is C12H15Br2N. The maximum absolute atomic E-state index is 3.63. The van der Waals surface area contributed by atoms with Crippen LogP contribution in [0.4, 0.5) is 5.69 Å². The van der Waals surface area contributed by atoms with Crippen LogP contribution in [0.1, 0.15) is 26.2 Å². The standard InChI is InChI=1S/C12H15Br2N/c1-2-11(8-6-7-8)15-12-9(13)4-3-5-10(12)14/h3-5,8,11,15H,2,6-7H2,1H3. The van der Waals surface area contributed by atoms with E-state index in [0.29, 0.717) is 6.04 Å². The van der Waals surface area contributed by atoms with Gasteiger partial charge in [0.1, 0.15) is 0 Å². The molecule has 0 heterocycles. The van der Waals surface area contributed by atoms with E-state index in [9.17, 15) is 0 Å². The van der Waals surface area contributed by atoms with Crippen molar-refractivity contribution in [3.63, 3.8) is 0 Å². The van der Waals surface area contributed by atoms with Crippen molar-refractivity contribution < 1.29 is 0 Å². The van der Waals surface area contributed by atoms with E-state index >= 15 is 0 Å². The molecule has 3 heteroatoms. The second-order valence-corrected chi connectivity index (χ2v) is 5.80. The predicted molar refractivity (Wildman–Crippen MR) is 72.3 cm³/mol. The smallest absolute Gasteiger partial charge is 0.0631 e. The summed E-state index contributed by atoms with van der Waals surface area (Å²) in [5, 5.41) is 3.63. The SMILES string of the molecule is CCC(Nc1c(Br)cccc1Br)C1CC1. The third-order valence-corrected chi connectivity index (χ3v) is 4.25. The number of benzene rings is 1. The van der Waals surface area contributed by atoms with Crippen molar-refractivity contribution >= 4 is 37.5 Å². The molecule has 0 bridgehead atoms. The second kappa shape index (κ2) is 4.88. The van der Waals surface area contributed by atoms with Crippen LogP contribution in [0.2, 0.25) is 0 Å². The Bertz CT molecular complexity index is 327. The summed E-state index contributed by atoms with van der Waals surface area (Å²) < 4.78 is 2.27. The van der Waals surface area contributed by atoms with Crippen molar-refractivity contribution in [3.05, 3.63) is 27.1 Å². The van der Waals surface area contributed by atoms with Crippen LogP contribution in [0.25, 0.3) is 0 Å². The zero-order valence-corrected chi connectivity index (χ0v) is 11.9. The zero-order valence-electron chi connectivity index (χ0n) is 8.76. The number of hydrogen-bond acceptors (Lipinski definition) is 1. The number of rotatable bonds is 4. The minimum Gasteiger partial charge on any atom is -0.380 e. The Morgan fingerprint density at radius 1 is 1.33 bits per heavy atom. The quantitative estimate of drug-likeness (QED) is 0.834. The number of hydrogen-bond donors (Lipinski definition) is 1. The van der Waals surface area contributed by atoms with E-state index in [4.69, 9.17) is 0 Å². The summed E-state index contributed by atoms with van der Waals surface area (Å²) in [4.78, 5) is 0. The maximum atomic E-state index is 3.63. The monoisotopic (exact) mass is 331 g/mol. The Labute approximate surface area is 108 Å². The molecule has 1 nitrogen and oxygen atoms in total. The first kappa shape index (κ1) is 11.5. The molecule has 0 radical (unpaired) electrons. The Balaban J connectivity index is 2.14. The Kier molecular flexibility index (Phi) is 3.73. The van der Waals surface area contributed by atoms with Crippen LogP contribution in [0.5, 0.6) is 0 Å². The first-order valence-electron chi connectivity index (χ1n) is 5.43. The molecule has 1 aliphatic carbocycles. The van der Waals surface area contributed by atoms with Crippen LogP contribution in [0.15, 0.2) is 27.1 Å². The average Bonchev–Trinajstić information content (AvgIpc) is 3.01. The fourth-order valence-corrected chi connectivity index (χ4v) is 3.10. The van der Waals surface area contributed by atoms with E-state index in [-0.39, 0.29) is 0 Å². The second-order valence-electron chi connectivity index (χ2n) is 4.09. The lowest BCUT2D eigenvalue weighted by molar-refractivity contribution is 0.616. The third kappa shape index (κ3) is 2.76. The van der Waals surface area contributed by atoms with E-state index in [2.05, 4.69) is 56.2 Å². The fourth-order valence-electron chi connectivity index (χ4n) is 1.87. The molecule has 0 spiro atoms. The Hall–Kier alpha value is -0.0200. The molecule has 1 aromatic rings. The minimum absolute atomic E-state index is 0.625. The number of anilines is 1. The van der Waals surface area contributed by atoms with Gasteiger partial charge in [-0.05, 0) is 69.2 Å². The molecule has 1 atom stereocenters. The molecule has 1 aliphatic rings. The highest BCUT2D eigenvalue weighted by molar-refractivity contribution is 9.11. The molecule has 15 heavy (non-hydrogen) atoms. The van der Waals surface area contributed by atoms with Crippen molar-refractivity contribution in [2.24, 2.45) is 5.92 Å². The predicted octanol–water partition coefficient (Wildman–Crippen LogP) is 4.81. The molecule has 1 unspecified atom stereocenters.